The van der Waals surface area contributed by atoms with Gasteiger partial charge in [0.1, 0.15) is 0 Å². The normalized spacial score (nSPS) is 29.1. The predicted octanol–water partition coefficient (Wildman–Crippen LogP) is 1.38. The lowest BCUT2D eigenvalue weighted by Crippen LogP contribution is -2.52. The van der Waals surface area contributed by atoms with Crippen LogP contribution in [-0.4, -0.2) is 24.0 Å². The Bertz CT molecular complexity index is 192. The van der Waals surface area contributed by atoms with Crippen LogP contribution in [0.15, 0.2) is 0 Å². The zero-order valence-corrected chi connectivity index (χ0v) is 7.01. The second-order valence-corrected chi connectivity index (χ2v) is 4.12. The Labute approximate surface area is 67.8 Å². The Morgan fingerprint density at radius 3 is 2.64 bits per heavy atom. The summed E-state index contributed by atoms with van der Waals surface area (Å²) in [6, 6.07) is 2.71. The summed E-state index contributed by atoms with van der Waals surface area (Å²) in [6.07, 6.45) is 3.56. The number of hydrogen-bond donors (Lipinski definition) is 0. The molecule has 1 aliphatic heterocycles. The molecule has 0 amide bonds. The molecule has 1 atom stereocenters. The maximum absolute atomic E-state index is 8.47. The van der Waals surface area contributed by atoms with Crippen LogP contribution in [0.25, 0.3) is 0 Å². The monoisotopic (exact) mass is 150 g/mol. The highest BCUT2D eigenvalue weighted by Gasteiger charge is 2.52. The Morgan fingerprint density at radius 2 is 2.18 bits per heavy atom. The summed E-state index contributed by atoms with van der Waals surface area (Å²) in [5, 5.41) is 8.47. The maximum atomic E-state index is 8.47. The minimum Gasteiger partial charge on any atom is -0.298 e. The van der Waals surface area contributed by atoms with Gasteiger partial charge in [0.25, 0.3) is 0 Å². The molecule has 1 unspecified atom stereocenters. The van der Waals surface area contributed by atoms with E-state index in [2.05, 4.69) is 17.9 Å². The van der Waals surface area contributed by atoms with Crippen molar-refractivity contribution in [2.75, 3.05) is 13.1 Å². The summed E-state index contributed by atoms with van der Waals surface area (Å²) in [5.41, 5.74) is 0.740. The Hall–Kier alpha value is -0.550. The van der Waals surface area contributed by atoms with Crippen molar-refractivity contribution in [3.63, 3.8) is 0 Å². The van der Waals surface area contributed by atoms with Crippen molar-refractivity contribution in [3.05, 3.63) is 0 Å². The number of likely N-dealkylation sites (tertiary alicyclic amines) is 1. The summed E-state index contributed by atoms with van der Waals surface area (Å²) >= 11 is 0. The van der Waals surface area contributed by atoms with Gasteiger partial charge in [0, 0.05) is 19.1 Å². The van der Waals surface area contributed by atoms with Gasteiger partial charge in [-0.15, -0.1) is 0 Å². The summed E-state index contributed by atoms with van der Waals surface area (Å²) in [5.74, 6) is 0. The van der Waals surface area contributed by atoms with Crippen LogP contribution in [0.1, 0.15) is 26.2 Å². The lowest BCUT2D eigenvalue weighted by atomic mass is 9.94. The van der Waals surface area contributed by atoms with E-state index in [-0.39, 0.29) is 0 Å². The van der Waals surface area contributed by atoms with Crippen molar-refractivity contribution in [3.8, 4) is 6.07 Å². The molecule has 0 aromatic heterocycles. The van der Waals surface area contributed by atoms with Gasteiger partial charge in [-0.1, -0.05) is 0 Å². The number of nitriles is 1. The number of rotatable bonds is 2. The average molecular weight is 150 g/mol. The molecule has 0 bridgehead atoms. The molecule has 2 aliphatic rings. The van der Waals surface area contributed by atoms with Crippen molar-refractivity contribution in [1.82, 2.24) is 4.90 Å². The predicted molar refractivity (Wildman–Crippen MR) is 42.9 cm³/mol. The van der Waals surface area contributed by atoms with Gasteiger partial charge in [0.15, 0.2) is 0 Å². The van der Waals surface area contributed by atoms with Crippen LogP contribution in [0.5, 0.6) is 0 Å². The van der Waals surface area contributed by atoms with Gasteiger partial charge in [0.2, 0.25) is 0 Å². The Kier molecular flexibility index (Phi) is 1.43. The molecular weight excluding hydrogens is 136 g/mol. The molecule has 0 aromatic rings. The van der Waals surface area contributed by atoms with E-state index >= 15 is 0 Å². The van der Waals surface area contributed by atoms with Gasteiger partial charge in [-0.25, -0.2) is 0 Å². The van der Waals surface area contributed by atoms with Crippen LogP contribution in [0.2, 0.25) is 0 Å². The highest BCUT2D eigenvalue weighted by molar-refractivity contribution is 5.06. The SMILES string of the molecule is CC(CC#N)N1CC2(CC2)C1. The first-order valence-electron chi connectivity index (χ1n) is 4.37. The molecule has 0 radical (unpaired) electrons. The van der Waals surface area contributed by atoms with Gasteiger partial charge >= 0.3 is 0 Å². The molecular formula is C9H14N2. The largest absolute Gasteiger partial charge is 0.298 e. The molecule has 2 nitrogen and oxygen atoms in total. The van der Waals surface area contributed by atoms with Crippen LogP contribution in [0.3, 0.4) is 0 Å². The second-order valence-electron chi connectivity index (χ2n) is 4.12. The molecule has 0 aromatic carbocycles. The zero-order valence-electron chi connectivity index (χ0n) is 7.01. The van der Waals surface area contributed by atoms with E-state index in [9.17, 15) is 0 Å². The van der Waals surface area contributed by atoms with Crippen LogP contribution in [-0.2, 0) is 0 Å². The van der Waals surface area contributed by atoms with Gasteiger partial charge in [-0.3, -0.25) is 4.90 Å². The van der Waals surface area contributed by atoms with E-state index in [1.54, 1.807) is 0 Å². The lowest BCUT2D eigenvalue weighted by molar-refractivity contribution is 0.0453. The minimum atomic E-state index is 0.492. The van der Waals surface area contributed by atoms with E-state index in [4.69, 9.17) is 5.26 Å². The van der Waals surface area contributed by atoms with Gasteiger partial charge < -0.3 is 0 Å². The maximum Gasteiger partial charge on any atom is 0.0638 e. The van der Waals surface area contributed by atoms with Crippen LogP contribution < -0.4 is 0 Å². The van der Waals surface area contributed by atoms with Crippen molar-refractivity contribution in [1.29, 1.82) is 5.26 Å². The third kappa shape index (κ3) is 1.14. The molecule has 2 rings (SSSR count). The minimum absolute atomic E-state index is 0.492. The molecule has 1 saturated heterocycles. The molecule has 11 heavy (non-hydrogen) atoms. The van der Waals surface area contributed by atoms with E-state index in [1.165, 1.54) is 25.9 Å². The third-order valence-electron chi connectivity index (χ3n) is 3.04. The highest BCUT2D eigenvalue weighted by Crippen LogP contribution is 2.53. The van der Waals surface area contributed by atoms with Crippen LogP contribution in [0.4, 0.5) is 0 Å². The van der Waals surface area contributed by atoms with Crippen molar-refractivity contribution < 1.29 is 0 Å². The molecule has 1 heterocycles. The van der Waals surface area contributed by atoms with E-state index in [1.807, 2.05) is 0 Å². The standard InChI is InChI=1S/C9H14N2/c1-8(2-5-10)11-6-9(7-11)3-4-9/h8H,2-4,6-7H2,1H3. The topological polar surface area (TPSA) is 27.0 Å². The molecule has 0 N–H and O–H groups in total. The Morgan fingerprint density at radius 1 is 1.55 bits per heavy atom. The smallest absolute Gasteiger partial charge is 0.0638 e. The molecule has 1 spiro atoms. The van der Waals surface area contributed by atoms with Crippen LogP contribution in [0, 0.1) is 16.7 Å². The fraction of sp³-hybridized carbons (Fsp3) is 0.889. The lowest BCUT2D eigenvalue weighted by Gasteiger charge is -2.43. The molecule has 2 heteroatoms. The number of nitrogens with zero attached hydrogens (tertiary/aromatic N) is 2. The van der Waals surface area contributed by atoms with Gasteiger partial charge in [-0.2, -0.15) is 5.26 Å². The van der Waals surface area contributed by atoms with Crippen molar-refractivity contribution in [2.45, 2.75) is 32.2 Å². The summed E-state index contributed by atoms with van der Waals surface area (Å²) < 4.78 is 0. The summed E-state index contributed by atoms with van der Waals surface area (Å²) in [4.78, 5) is 2.43. The molecule has 1 saturated carbocycles. The van der Waals surface area contributed by atoms with Gasteiger partial charge in [0.05, 0.1) is 12.5 Å². The first-order valence-corrected chi connectivity index (χ1v) is 4.37. The average Bonchev–Trinajstić information content (AvgIpc) is 2.62. The highest BCUT2D eigenvalue weighted by atomic mass is 15.2. The molecule has 60 valence electrons. The van der Waals surface area contributed by atoms with E-state index in [0.717, 1.165) is 5.41 Å². The summed E-state index contributed by atoms with van der Waals surface area (Å²) in [6.45, 7) is 4.67. The quantitative estimate of drug-likeness (QED) is 0.594. The fourth-order valence-corrected chi connectivity index (χ4v) is 1.88. The first-order chi connectivity index (χ1) is 5.26. The fourth-order valence-electron chi connectivity index (χ4n) is 1.88. The first kappa shape index (κ1) is 7.12. The van der Waals surface area contributed by atoms with Gasteiger partial charge in [-0.05, 0) is 25.2 Å². The number of hydrogen-bond acceptors (Lipinski definition) is 2. The molecule has 1 aliphatic carbocycles. The van der Waals surface area contributed by atoms with E-state index < -0.39 is 0 Å². The van der Waals surface area contributed by atoms with Crippen molar-refractivity contribution in [2.24, 2.45) is 5.41 Å². The Balaban J connectivity index is 1.77. The third-order valence-corrected chi connectivity index (χ3v) is 3.04. The van der Waals surface area contributed by atoms with Crippen molar-refractivity contribution >= 4 is 0 Å². The second kappa shape index (κ2) is 2.22. The van der Waals surface area contributed by atoms with Crippen LogP contribution >= 0.6 is 0 Å². The van der Waals surface area contributed by atoms with E-state index in [0.29, 0.717) is 12.5 Å². The molecule has 2 fully saturated rings. The zero-order chi connectivity index (χ0) is 7.90. The summed E-state index contributed by atoms with van der Waals surface area (Å²) in [7, 11) is 0.